The number of imidazole rings is 1. The van der Waals surface area contributed by atoms with Gasteiger partial charge in [0.05, 0.1) is 16.5 Å². The molecule has 2 aromatic carbocycles. The lowest BCUT2D eigenvalue weighted by Crippen LogP contribution is -2.30. The van der Waals surface area contributed by atoms with Crippen LogP contribution in [0.25, 0.3) is 16.3 Å². The van der Waals surface area contributed by atoms with Crippen LogP contribution >= 0.6 is 46.9 Å². The van der Waals surface area contributed by atoms with Crippen LogP contribution in [-0.4, -0.2) is 27.0 Å². The fourth-order valence-corrected chi connectivity index (χ4v) is 4.90. The summed E-state index contributed by atoms with van der Waals surface area (Å²) in [5.41, 5.74) is 2.65. The van der Waals surface area contributed by atoms with E-state index in [-0.39, 0.29) is 18.3 Å². The average molecular weight is 508 g/mol. The lowest BCUT2D eigenvalue weighted by Gasteiger charge is -2.18. The number of rotatable bonds is 7. The van der Waals surface area contributed by atoms with Crippen molar-refractivity contribution in [3.05, 3.63) is 82.4 Å². The van der Waals surface area contributed by atoms with Crippen molar-refractivity contribution in [2.24, 2.45) is 0 Å². The van der Waals surface area contributed by atoms with Gasteiger partial charge < -0.3 is 4.57 Å². The highest BCUT2D eigenvalue weighted by molar-refractivity contribution is 7.22. The van der Waals surface area contributed by atoms with Crippen LogP contribution in [0, 0.1) is 6.92 Å². The van der Waals surface area contributed by atoms with Crippen molar-refractivity contribution in [2.45, 2.75) is 19.9 Å². The van der Waals surface area contributed by atoms with Crippen LogP contribution in [0.3, 0.4) is 0 Å². The number of thiazole rings is 1. The molecule has 0 N–H and O–H groups in total. The van der Waals surface area contributed by atoms with Crippen molar-refractivity contribution in [3.8, 4) is 0 Å². The zero-order valence-electron chi connectivity index (χ0n) is 17.2. The highest BCUT2D eigenvalue weighted by Crippen LogP contribution is 2.33. The van der Waals surface area contributed by atoms with Gasteiger partial charge in [-0.15, -0.1) is 12.4 Å². The van der Waals surface area contributed by atoms with Crippen molar-refractivity contribution in [3.63, 3.8) is 0 Å². The van der Waals surface area contributed by atoms with Crippen LogP contribution in [0.2, 0.25) is 10.0 Å². The Morgan fingerprint density at radius 2 is 2.06 bits per heavy atom. The fraction of sp³-hybridized carbons (Fsp3) is 0.174. The number of hydrogen-bond acceptors (Lipinski definition) is 4. The second kappa shape index (κ2) is 11.0. The molecule has 0 radical (unpaired) electrons. The number of carbonyl (C=O) groups excluding carboxylic acids is 1. The number of anilines is 1. The van der Waals surface area contributed by atoms with Crippen molar-refractivity contribution in [1.82, 2.24) is 14.5 Å². The Kier molecular flexibility index (Phi) is 8.32. The zero-order valence-corrected chi connectivity index (χ0v) is 20.4. The largest absolute Gasteiger partial charge is 0.337 e. The summed E-state index contributed by atoms with van der Waals surface area (Å²) in [6.45, 7) is 3.25. The first kappa shape index (κ1) is 24.3. The van der Waals surface area contributed by atoms with Gasteiger partial charge in [-0.25, -0.2) is 9.97 Å². The van der Waals surface area contributed by atoms with E-state index in [0.29, 0.717) is 21.7 Å². The average Bonchev–Trinajstić information content (AvgIpc) is 3.40. The molecule has 0 aliphatic rings. The van der Waals surface area contributed by atoms with Gasteiger partial charge in [0.25, 0.3) is 5.91 Å². The van der Waals surface area contributed by atoms with Crippen molar-refractivity contribution in [1.29, 1.82) is 0 Å². The molecule has 0 saturated carbocycles. The smallest absolute Gasteiger partial charge is 0.252 e. The van der Waals surface area contributed by atoms with Crippen LogP contribution in [0.5, 0.6) is 0 Å². The molecular formula is C23H21Cl3N4OS. The molecule has 1 amide bonds. The monoisotopic (exact) mass is 506 g/mol. The molecule has 9 heteroatoms. The molecule has 5 nitrogen and oxygen atoms in total. The summed E-state index contributed by atoms with van der Waals surface area (Å²) in [6.07, 6.45) is 9.47. The van der Waals surface area contributed by atoms with E-state index in [1.54, 1.807) is 35.6 Å². The standard InChI is InChI=1S/C23H20Cl2N4OS.ClH/c1-16-13-18(24)14-20-22(16)27-23(31-20)29(11-4-10-28-12-9-26-15-28)21(30)8-7-17-5-2-3-6-19(17)25;/h2-3,5-9,12-15H,4,10-11H2,1H3;1H/b8-7+;. The summed E-state index contributed by atoms with van der Waals surface area (Å²) < 4.78 is 2.95. The quantitative estimate of drug-likeness (QED) is 0.263. The molecule has 2 aromatic heterocycles. The Hall–Kier alpha value is -2.38. The van der Waals surface area contributed by atoms with Crippen LogP contribution in [0.15, 0.2) is 61.2 Å². The number of nitrogens with zero attached hydrogens (tertiary/aromatic N) is 4. The number of amides is 1. The number of carbonyl (C=O) groups is 1. The molecule has 0 aliphatic heterocycles. The Morgan fingerprint density at radius 1 is 1.25 bits per heavy atom. The lowest BCUT2D eigenvalue weighted by atomic mass is 10.2. The van der Waals surface area contributed by atoms with Crippen molar-refractivity contribution < 1.29 is 4.79 Å². The van der Waals surface area contributed by atoms with E-state index < -0.39 is 0 Å². The molecule has 0 atom stereocenters. The van der Waals surface area contributed by atoms with Gasteiger partial charge in [0.2, 0.25) is 0 Å². The first-order valence-corrected chi connectivity index (χ1v) is 11.3. The Bertz CT molecular complexity index is 1240. The maximum atomic E-state index is 13.2. The van der Waals surface area contributed by atoms with Crippen LogP contribution in [0.4, 0.5) is 5.13 Å². The van der Waals surface area contributed by atoms with Crippen molar-refractivity contribution in [2.75, 3.05) is 11.4 Å². The van der Waals surface area contributed by atoms with Crippen LogP contribution < -0.4 is 4.90 Å². The van der Waals surface area contributed by atoms with Crippen LogP contribution in [0.1, 0.15) is 17.5 Å². The van der Waals surface area contributed by atoms with Gasteiger partial charge in [0.1, 0.15) is 0 Å². The molecule has 0 aliphatic carbocycles. The third-order valence-corrected chi connectivity index (χ3v) is 6.39. The minimum Gasteiger partial charge on any atom is -0.337 e. The molecule has 0 spiro atoms. The van der Waals surface area contributed by atoms with Gasteiger partial charge >= 0.3 is 0 Å². The molecule has 0 saturated heterocycles. The maximum Gasteiger partial charge on any atom is 0.252 e. The number of aromatic nitrogens is 3. The van der Waals surface area contributed by atoms with Gasteiger partial charge in [-0.05, 0) is 48.7 Å². The predicted octanol–water partition coefficient (Wildman–Crippen LogP) is 6.67. The third kappa shape index (κ3) is 5.70. The summed E-state index contributed by atoms with van der Waals surface area (Å²) in [5.74, 6) is -0.145. The van der Waals surface area contributed by atoms with Gasteiger partial charge in [-0.3, -0.25) is 9.69 Å². The highest BCUT2D eigenvalue weighted by Gasteiger charge is 2.19. The van der Waals surface area contributed by atoms with E-state index in [1.165, 1.54) is 11.3 Å². The van der Waals surface area contributed by atoms with E-state index in [0.717, 1.165) is 34.3 Å². The van der Waals surface area contributed by atoms with E-state index in [1.807, 2.05) is 48.0 Å². The molecule has 0 bridgehead atoms. The fourth-order valence-electron chi connectivity index (χ4n) is 3.25. The highest BCUT2D eigenvalue weighted by atomic mass is 35.5. The van der Waals surface area contributed by atoms with Crippen LogP contribution in [-0.2, 0) is 11.3 Å². The maximum absolute atomic E-state index is 13.2. The normalized spacial score (nSPS) is 11.1. The van der Waals surface area contributed by atoms with E-state index in [9.17, 15) is 4.79 Å². The first-order chi connectivity index (χ1) is 15.0. The molecule has 0 unspecified atom stereocenters. The first-order valence-electron chi connectivity index (χ1n) is 9.78. The predicted molar refractivity (Wildman–Crippen MR) is 136 cm³/mol. The molecule has 0 fully saturated rings. The summed E-state index contributed by atoms with van der Waals surface area (Å²) in [7, 11) is 0. The minimum atomic E-state index is -0.145. The van der Waals surface area contributed by atoms with E-state index >= 15 is 0 Å². The summed E-state index contributed by atoms with van der Waals surface area (Å²) >= 11 is 13.9. The lowest BCUT2D eigenvalue weighted by molar-refractivity contribution is -0.114. The molecule has 166 valence electrons. The summed E-state index contributed by atoms with van der Waals surface area (Å²) in [5, 5.41) is 1.92. The van der Waals surface area contributed by atoms with E-state index in [4.69, 9.17) is 28.2 Å². The Morgan fingerprint density at radius 3 is 2.81 bits per heavy atom. The molecule has 4 rings (SSSR count). The minimum absolute atomic E-state index is 0. The third-order valence-electron chi connectivity index (χ3n) is 4.80. The second-order valence-corrected chi connectivity index (χ2v) is 8.92. The Labute approximate surface area is 206 Å². The SMILES string of the molecule is Cc1cc(Cl)cc2sc(N(CCCn3ccnc3)C(=O)/C=C/c3ccccc3Cl)nc12.Cl. The molecule has 32 heavy (non-hydrogen) atoms. The molecule has 2 heterocycles. The number of fused-ring (bicyclic) bond motifs is 1. The molecular weight excluding hydrogens is 487 g/mol. The van der Waals surface area contributed by atoms with Gasteiger partial charge in [0.15, 0.2) is 5.13 Å². The topological polar surface area (TPSA) is 51.0 Å². The summed E-state index contributed by atoms with van der Waals surface area (Å²) in [4.78, 5) is 23.7. The van der Waals surface area contributed by atoms with E-state index in [2.05, 4.69) is 4.98 Å². The number of halogens is 3. The van der Waals surface area contributed by atoms with Gasteiger partial charge in [-0.1, -0.05) is 52.7 Å². The number of aryl methyl sites for hydroxylation is 2. The number of hydrogen-bond donors (Lipinski definition) is 0. The Balaban J connectivity index is 0.00000289. The van der Waals surface area contributed by atoms with Gasteiger partial charge in [0, 0.05) is 41.6 Å². The second-order valence-electron chi connectivity index (χ2n) is 7.06. The molecule has 4 aromatic rings. The van der Waals surface area contributed by atoms with Gasteiger partial charge in [-0.2, -0.15) is 0 Å². The van der Waals surface area contributed by atoms with Crippen molar-refractivity contribution >= 4 is 74.3 Å². The zero-order chi connectivity index (χ0) is 21.8. The summed E-state index contributed by atoms with van der Waals surface area (Å²) in [6, 6.07) is 11.2. The number of benzene rings is 2.